The number of hydrogen-bond acceptors (Lipinski definition) is 16. The van der Waals surface area contributed by atoms with Crippen molar-refractivity contribution < 1.29 is 57.4 Å². The first-order chi connectivity index (χ1) is 64.1. The zero-order chi connectivity index (χ0) is 92.1. The number of fused-ring (bicyclic) bond motifs is 8. The third-order valence-corrected chi connectivity index (χ3v) is 24.0. The van der Waals surface area contributed by atoms with Crippen LogP contribution in [0, 0.1) is 6.92 Å². The van der Waals surface area contributed by atoms with Crippen LogP contribution in [0.25, 0.3) is 101 Å². The van der Waals surface area contributed by atoms with Crippen LogP contribution in [0.3, 0.4) is 0 Å². The number of para-hydroxylation sites is 1. The number of carbonyl (C=O) groups excluding carboxylic acids is 9. The zero-order valence-electron chi connectivity index (χ0n) is 74.1. The summed E-state index contributed by atoms with van der Waals surface area (Å²) < 4.78 is 24.8. The Balaban J connectivity index is 0.000000123. The molecule has 0 spiro atoms. The molecule has 4 aliphatic rings. The van der Waals surface area contributed by atoms with E-state index in [4.69, 9.17) is 34.1 Å². The summed E-state index contributed by atoms with van der Waals surface area (Å²) in [5.74, 6) is 4.76. The van der Waals surface area contributed by atoms with Gasteiger partial charge in [-0.1, -0.05) is 67.6 Å². The summed E-state index contributed by atoms with van der Waals surface area (Å²) in [7, 11) is 11.4. The summed E-state index contributed by atoms with van der Waals surface area (Å²) in [5.41, 5.74) is 25.2. The van der Waals surface area contributed by atoms with E-state index in [1.807, 2.05) is 200 Å². The number of amides is 8. The lowest BCUT2D eigenvalue weighted by molar-refractivity contribution is -0.117. The van der Waals surface area contributed by atoms with E-state index in [2.05, 4.69) is 80.5 Å². The quantitative estimate of drug-likeness (QED) is 0.0370. The molecule has 132 heavy (non-hydrogen) atoms. The number of nitrogens with zero attached hydrogens (tertiary/aromatic N) is 8. The summed E-state index contributed by atoms with van der Waals surface area (Å²) in [5, 5.41) is 22.4. The third-order valence-electron chi connectivity index (χ3n) is 24.0. The highest BCUT2D eigenvalue weighted by Crippen LogP contribution is 2.41. The molecule has 662 valence electrons. The summed E-state index contributed by atoms with van der Waals surface area (Å²) >= 11 is 0. The minimum absolute atomic E-state index is 0.0164. The van der Waals surface area contributed by atoms with Gasteiger partial charge in [-0.3, -0.25) is 61.4 Å². The molecule has 16 aromatic rings. The number of methoxy groups -OCH3 is 3. The number of aryl methyl sites for hydroxylation is 5. The van der Waals surface area contributed by atoms with Crippen molar-refractivity contribution in [3.05, 3.63) is 304 Å². The molecule has 28 heteroatoms. The first-order valence-corrected chi connectivity index (χ1v) is 43.4. The van der Waals surface area contributed by atoms with Crippen molar-refractivity contribution in [1.29, 1.82) is 0 Å². The fourth-order valence-corrected chi connectivity index (χ4v) is 17.2. The highest BCUT2D eigenvalue weighted by atomic mass is 16.5. The van der Waals surface area contributed by atoms with Gasteiger partial charge in [0.1, 0.15) is 40.5 Å². The van der Waals surface area contributed by atoms with Gasteiger partial charge < -0.3 is 56.7 Å². The first kappa shape index (κ1) is 87.4. The second-order valence-corrected chi connectivity index (χ2v) is 32.1. The maximum atomic E-state index is 12.7. The lowest BCUT2D eigenvalue weighted by Crippen LogP contribution is -2.19. The molecule has 0 atom stereocenters. The van der Waals surface area contributed by atoms with E-state index >= 15 is 0 Å². The van der Waals surface area contributed by atoms with Crippen LogP contribution in [-0.2, 0) is 51.3 Å². The van der Waals surface area contributed by atoms with Gasteiger partial charge in [0.15, 0.2) is 5.78 Å². The molecule has 0 aliphatic carbocycles. The molecule has 4 aromatic heterocycles. The Morgan fingerprint density at radius 3 is 1.16 bits per heavy atom. The highest BCUT2D eigenvalue weighted by Gasteiger charge is 2.28. The normalized spacial score (nSPS) is 12.9. The third kappa shape index (κ3) is 17.7. The largest absolute Gasteiger partial charge is 0.497 e. The number of imidazole rings is 4. The Labute approximate surface area is 759 Å². The molecule has 20 rings (SSSR count). The number of ketones is 1. The van der Waals surface area contributed by atoms with E-state index in [-0.39, 0.29) is 53.0 Å². The highest BCUT2D eigenvalue weighted by molar-refractivity contribution is 6.05. The molecular formula is C104H94N16O12. The number of benzene rings is 12. The van der Waals surface area contributed by atoms with Crippen LogP contribution in [0.2, 0.25) is 0 Å². The number of carbonyl (C=O) groups is 9. The van der Waals surface area contributed by atoms with Gasteiger partial charge in [0.2, 0.25) is 23.6 Å². The number of nitrogens with one attached hydrogen (secondary N) is 8. The predicted octanol–water partition coefficient (Wildman–Crippen LogP) is 16.6. The van der Waals surface area contributed by atoms with E-state index < -0.39 is 0 Å². The van der Waals surface area contributed by atoms with Crippen LogP contribution >= 0.6 is 0 Å². The van der Waals surface area contributed by atoms with Gasteiger partial charge in [-0.05, 0) is 236 Å². The van der Waals surface area contributed by atoms with Crippen LogP contribution in [-0.4, -0.2) is 141 Å². The molecule has 28 nitrogen and oxygen atoms in total. The van der Waals surface area contributed by atoms with E-state index in [0.29, 0.717) is 103 Å². The Kier molecular flexibility index (Phi) is 25.0. The van der Waals surface area contributed by atoms with Crippen molar-refractivity contribution in [1.82, 2.24) is 59.5 Å². The summed E-state index contributed by atoms with van der Waals surface area (Å²) in [6.07, 6.45) is 5.54. The monoisotopic (exact) mass is 1760 g/mol. The van der Waals surface area contributed by atoms with Gasteiger partial charge in [0.05, 0.1) is 65.5 Å². The Bertz CT molecular complexity index is 7380. The SMILES string of the molecule is CCC(=O)c1ccccc1-c1nc2cc(C(=O)NC)ccc2n1-c1ccc2c(c1)CCC(=O)N2.CNC(=O)c1ccc2c(c1)nc(-c1cc(OC)ccc1C)n2-c1ccc2c(c1)CCC(=O)N2.CNC(=O)c1ccc2c(c1)nc(-c1cccc(OC)c1)n2-c1ccc2c(c1)CCC(=O)N2.CNC(=O)c1ccc2c(c1)nc(Cc1ccccc1OC)n2-c1ccc2c(c1)CCC(=O)N2. The fourth-order valence-electron chi connectivity index (χ4n) is 17.2. The van der Waals surface area contributed by atoms with Crippen LogP contribution < -0.4 is 56.7 Å². The van der Waals surface area contributed by atoms with E-state index in [9.17, 15) is 43.2 Å². The molecule has 12 aromatic carbocycles. The van der Waals surface area contributed by atoms with Gasteiger partial charge in [0, 0.05) is 162 Å². The lowest BCUT2D eigenvalue weighted by atomic mass is 10.0. The van der Waals surface area contributed by atoms with Crippen molar-refractivity contribution >= 4 is 120 Å². The van der Waals surface area contributed by atoms with E-state index in [1.165, 1.54) is 0 Å². The number of aromatic nitrogens is 8. The number of anilines is 4. The van der Waals surface area contributed by atoms with Crippen molar-refractivity contribution in [3.63, 3.8) is 0 Å². The van der Waals surface area contributed by atoms with E-state index in [0.717, 1.165) is 169 Å². The van der Waals surface area contributed by atoms with E-state index in [1.54, 1.807) is 79.9 Å². The van der Waals surface area contributed by atoms with Gasteiger partial charge in [0.25, 0.3) is 23.6 Å². The van der Waals surface area contributed by atoms with Crippen LogP contribution in [0.4, 0.5) is 22.7 Å². The van der Waals surface area contributed by atoms with Crippen molar-refractivity contribution in [3.8, 4) is 74.2 Å². The molecule has 8 heterocycles. The maximum absolute atomic E-state index is 12.7. The minimum atomic E-state index is -0.191. The van der Waals surface area contributed by atoms with Crippen molar-refractivity contribution in [2.75, 3.05) is 70.8 Å². The van der Waals surface area contributed by atoms with Crippen molar-refractivity contribution in [2.24, 2.45) is 0 Å². The number of ether oxygens (including phenoxy) is 3. The summed E-state index contributed by atoms with van der Waals surface area (Å²) in [6, 6.07) is 75.0. The number of hydrogen-bond donors (Lipinski definition) is 8. The minimum Gasteiger partial charge on any atom is -0.497 e. The van der Waals surface area contributed by atoms with Crippen LogP contribution in [0.5, 0.6) is 17.2 Å². The molecule has 0 saturated carbocycles. The Morgan fingerprint density at radius 1 is 0.356 bits per heavy atom. The van der Waals surface area contributed by atoms with Crippen LogP contribution in [0.1, 0.15) is 130 Å². The van der Waals surface area contributed by atoms with Gasteiger partial charge >= 0.3 is 0 Å². The summed E-state index contributed by atoms with van der Waals surface area (Å²) in [6.45, 7) is 3.88. The Hall–Kier alpha value is -16.7. The lowest BCUT2D eigenvalue weighted by Gasteiger charge is -2.19. The molecule has 0 radical (unpaired) electrons. The standard InChI is InChI=1S/C27H24N4O3.2C26H24N4O3.C25H22N4O3/c1-3-24(32)19-6-4-5-7-20(19)26-30-22-15-17(27(34)28-2)8-12-23(22)31(26)18-10-11-21-16(14-18)9-13-25(33)29-21;1-15-4-8-19(33-3)14-20(15)25-29-22-13-17(26(32)27-2)5-10-23(22)30(25)18-7-9-21-16(12-18)6-11-24(31)28-21;1-27-26(32)18-7-11-22-21(14-18)28-24(15-17-5-3-4-6-23(17)33-2)30(22)19-9-10-20-16(13-19)8-12-25(31)29-20;1-26-25(31)17-6-10-22-21(14-17)28-24(16-4-3-5-19(13-16)32-2)29(22)18-8-9-20-15(12-18)7-11-23(30)27-20/h4-8,10-12,14-15H,3,9,13H2,1-2H3,(H,28,34)(H,29,33);4-5,7-10,12-14H,6,11H2,1-3H3,(H,27,32)(H,28,31);3-7,9-11,13-14H,8,12,15H2,1-2H3,(H,27,32)(H,29,31);3-6,8-10,12-14H,7,11H2,1-2H3,(H,26,31)(H,27,30). The number of rotatable bonds is 18. The average Bonchev–Trinajstić information content (AvgIpc) is 1.61. The molecular weight excluding hydrogens is 1670 g/mol. The molecule has 8 N–H and O–H groups in total. The van der Waals surface area contributed by atoms with Gasteiger partial charge in [-0.2, -0.15) is 0 Å². The topological polar surface area (TPSA) is 349 Å². The summed E-state index contributed by atoms with van der Waals surface area (Å²) in [4.78, 5) is 128. The molecule has 4 aliphatic heterocycles. The second-order valence-electron chi connectivity index (χ2n) is 32.1. The first-order valence-electron chi connectivity index (χ1n) is 43.4. The molecule has 0 bridgehead atoms. The molecule has 0 unspecified atom stereocenters. The smallest absolute Gasteiger partial charge is 0.251 e. The Morgan fingerprint density at radius 2 is 0.735 bits per heavy atom. The molecule has 8 amide bonds. The predicted molar refractivity (Wildman–Crippen MR) is 510 cm³/mol. The number of Topliss-reactive ketones (excluding diaryl/α,β-unsaturated/α-hetero) is 1. The van der Waals surface area contributed by atoms with Crippen molar-refractivity contribution in [2.45, 2.75) is 78.1 Å². The fraction of sp³-hybridized carbons (Fsp3) is 0.183. The zero-order valence-corrected chi connectivity index (χ0v) is 74.1. The molecule has 0 saturated heterocycles. The van der Waals surface area contributed by atoms with Gasteiger partial charge in [-0.25, -0.2) is 19.9 Å². The maximum Gasteiger partial charge on any atom is 0.251 e. The molecule has 0 fully saturated rings. The average molecular weight is 1760 g/mol. The van der Waals surface area contributed by atoms with Gasteiger partial charge in [-0.15, -0.1) is 0 Å². The van der Waals surface area contributed by atoms with Crippen LogP contribution in [0.15, 0.2) is 237 Å². The second kappa shape index (κ2) is 37.7.